The Bertz CT molecular complexity index is 471. The summed E-state index contributed by atoms with van der Waals surface area (Å²) in [6.45, 7) is 4.24. The van der Waals surface area contributed by atoms with Crippen LogP contribution in [0.1, 0.15) is 30.4 Å². The van der Waals surface area contributed by atoms with E-state index in [9.17, 15) is 9.59 Å². The maximum Gasteiger partial charge on any atom is 0.322 e. The second kappa shape index (κ2) is 8.19. The number of aryl methyl sites for hydroxylation is 2. The molecule has 1 amide bonds. The van der Waals surface area contributed by atoms with Crippen LogP contribution in [0.15, 0.2) is 18.2 Å². The predicted octanol–water partition coefficient (Wildman–Crippen LogP) is 2.05. The molecule has 0 radical (unpaired) electrons. The highest BCUT2D eigenvalue weighted by atomic mass is 16.5. The van der Waals surface area contributed by atoms with Crippen LogP contribution in [-0.4, -0.2) is 30.1 Å². The van der Waals surface area contributed by atoms with Crippen molar-refractivity contribution in [2.75, 3.05) is 13.2 Å². The summed E-state index contributed by atoms with van der Waals surface area (Å²) < 4.78 is 5.67. The monoisotopic (exact) mass is 279 g/mol. The largest absolute Gasteiger partial charge is 0.493 e. The normalized spacial score (nSPS) is 10.1. The number of rotatable bonds is 8. The van der Waals surface area contributed by atoms with E-state index in [0.717, 1.165) is 23.3 Å². The van der Waals surface area contributed by atoms with Crippen molar-refractivity contribution in [3.05, 3.63) is 29.3 Å². The van der Waals surface area contributed by atoms with E-state index in [-0.39, 0.29) is 12.5 Å². The number of ether oxygens (including phenoxy) is 1. The van der Waals surface area contributed by atoms with Crippen molar-refractivity contribution in [3.63, 3.8) is 0 Å². The molecular weight excluding hydrogens is 258 g/mol. The summed E-state index contributed by atoms with van der Waals surface area (Å²) in [6, 6.07) is 6.05. The molecule has 0 bridgehead atoms. The van der Waals surface area contributed by atoms with Crippen LogP contribution < -0.4 is 10.1 Å². The molecule has 1 aromatic carbocycles. The lowest BCUT2D eigenvalue weighted by atomic mass is 10.1. The molecule has 1 aromatic rings. The quantitative estimate of drug-likeness (QED) is 0.714. The molecule has 0 saturated heterocycles. The number of carboxylic acid groups (broad SMARTS) is 1. The highest BCUT2D eigenvalue weighted by molar-refractivity contribution is 5.80. The zero-order valence-corrected chi connectivity index (χ0v) is 11.9. The average Bonchev–Trinajstić information content (AvgIpc) is 2.39. The number of amides is 1. The van der Waals surface area contributed by atoms with Gasteiger partial charge in [0.25, 0.3) is 0 Å². The van der Waals surface area contributed by atoms with Crippen molar-refractivity contribution in [2.45, 2.75) is 33.1 Å². The number of nitrogens with one attached hydrogen (secondary N) is 1. The van der Waals surface area contributed by atoms with E-state index in [0.29, 0.717) is 19.4 Å². The van der Waals surface area contributed by atoms with Gasteiger partial charge in [-0.15, -0.1) is 0 Å². The van der Waals surface area contributed by atoms with Crippen LogP contribution in [-0.2, 0) is 9.59 Å². The average molecular weight is 279 g/mol. The number of carbonyl (C=O) groups is 2. The second-order valence-electron chi connectivity index (χ2n) is 4.74. The van der Waals surface area contributed by atoms with Crippen molar-refractivity contribution in [1.29, 1.82) is 0 Å². The molecule has 0 atom stereocenters. The lowest BCUT2D eigenvalue weighted by molar-refractivity contribution is -0.137. The van der Waals surface area contributed by atoms with E-state index >= 15 is 0 Å². The fourth-order valence-electron chi connectivity index (χ4n) is 1.70. The molecule has 0 unspecified atom stereocenters. The van der Waals surface area contributed by atoms with Gasteiger partial charge in [-0.1, -0.05) is 12.1 Å². The summed E-state index contributed by atoms with van der Waals surface area (Å²) in [5, 5.41) is 10.7. The third-order valence-electron chi connectivity index (χ3n) is 2.84. The molecule has 0 spiro atoms. The van der Waals surface area contributed by atoms with Crippen molar-refractivity contribution in [1.82, 2.24) is 5.32 Å². The van der Waals surface area contributed by atoms with E-state index in [1.165, 1.54) is 0 Å². The molecule has 0 aliphatic rings. The van der Waals surface area contributed by atoms with Gasteiger partial charge in [-0.25, -0.2) is 0 Å². The number of carbonyl (C=O) groups excluding carboxylic acids is 1. The number of hydrogen-bond acceptors (Lipinski definition) is 3. The third-order valence-corrected chi connectivity index (χ3v) is 2.84. The summed E-state index contributed by atoms with van der Waals surface area (Å²) in [6.07, 6.45) is 1.76. The molecule has 0 aromatic heterocycles. The van der Waals surface area contributed by atoms with Gasteiger partial charge in [0.05, 0.1) is 6.61 Å². The first-order valence-corrected chi connectivity index (χ1v) is 6.67. The van der Waals surface area contributed by atoms with Gasteiger partial charge < -0.3 is 15.2 Å². The minimum atomic E-state index is -1.03. The highest BCUT2D eigenvalue weighted by Gasteiger charge is 2.04. The number of unbranched alkanes of at least 4 members (excludes halogenated alkanes) is 1. The maximum absolute atomic E-state index is 11.3. The molecule has 0 saturated carbocycles. The molecule has 0 heterocycles. The predicted molar refractivity (Wildman–Crippen MR) is 75.9 cm³/mol. The molecule has 20 heavy (non-hydrogen) atoms. The van der Waals surface area contributed by atoms with Gasteiger partial charge in [0.1, 0.15) is 12.3 Å². The Morgan fingerprint density at radius 2 is 2.00 bits per heavy atom. The Kier molecular flexibility index (Phi) is 6.56. The minimum absolute atomic E-state index is 0.237. The number of benzene rings is 1. The first kappa shape index (κ1) is 16.0. The molecule has 5 nitrogen and oxygen atoms in total. The van der Waals surface area contributed by atoms with Gasteiger partial charge >= 0.3 is 5.97 Å². The topological polar surface area (TPSA) is 75.6 Å². The van der Waals surface area contributed by atoms with Gasteiger partial charge in [-0.3, -0.25) is 9.59 Å². The molecule has 110 valence electrons. The third kappa shape index (κ3) is 6.22. The first-order chi connectivity index (χ1) is 9.49. The fraction of sp³-hybridized carbons (Fsp3) is 0.467. The zero-order valence-electron chi connectivity index (χ0n) is 11.9. The molecule has 0 fully saturated rings. The van der Waals surface area contributed by atoms with E-state index in [1.54, 1.807) is 0 Å². The van der Waals surface area contributed by atoms with Gasteiger partial charge in [0.2, 0.25) is 5.91 Å². The number of carboxylic acids is 1. The van der Waals surface area contributed by atoms with E-state index < -0.39 is 5.97 Å². The Morgan fingerprint density at radius 3 is 2.70 bits per heavy atom. The first-order valence-electron chi connectivity index (χ1n) is 6.67. The molecule has 0 aliphatic heterocycles. The smallest absolute Gasteiger partial charge is 0.322 e. The van der Waals surface area contributed by atoms with Crippen LogP contribution in [0, 0.1) is 13.8 Å². The van der Waals surface area contributed by atoms with E-state index in [2.05, 4.69) is 5.32 Å². The standard InChI is InChI=1S/C15H21NO4/c1-11-6-7-12(2)13(9-11)20-8-4-3-5-14(17)16-10-15(18)19/h6-7,9H,3-5,8,10H2,1-2H3,(H,16,17)(H,18,19). The van der Waals surface area contributed by atoms with Crippen molar-refractivity contribution >= 4 is 11.9 Å². The lowest BCUT2D eigenvalue weighted by Crippen LogP contribution is -2.28. The molecule has 5 heteroatoms. The van der Waals surface area contributed by atoms with Crippen LogP contribution in [0.25, 0.3) is 0 Å². The molecule has 1 rings (SSSR count). The van der Waals surface area contributed by atoms with Crippen LogP contribution >= 0.6 is 0 Å². The van der Waals surface area contributed by atoms with Gasteiger partial charge in [0.15, 0.2) is 0 Å². The van der Waals surface area contributed by atoms with Crippen LogP contribution in [0.5, 0.6) is 5.75 Å². The Morgan fingerprint density at radius 1 is 1.25 bits per heavy atom. The van der Waals surface area contributed by atoms with Gasteiger partial charge in [-0.2, -0.15) is 0 Å². The van der Waals surface area contributed by atoms with Crippen molar-refractivity contribution in [3.8, 4) is 5.75 Å². The number of hydrogen-bond donors (Lipinski definition) is 2. The summed E-state index contributed by atoms with van der Waals surface area (Å²) in [4.78, 5) is 21.5. The molecular formula is C15H21NO4. The Balaban J connectivity index is 2.17. The molecule has 2 N–H and O–H groups in total. The fourth-order valence-corrected chi connectivity index (χ4v) is 1.70. The van der Waals surface area contributed by atoms with Crippen LogP contribution in [0.3, 0.4) is 0 Å². The summed E-state index contributed by atoms with van der Waals surface area (Å²) >= 11 is 0. The highest BCUT2D eigenvalue weighted by Crippen LogP contribution is 2.19. The van der Waals surface area contributed by atoms with Crippen LogP contribution in [0.2, 0.25) is 0 Å². The van der Waals surface area contributed by atoms with Gasteiger partial charge in [0, 0.05) is 6.42 Å². The van der Waals surface area contributed by atoms with E-state index in [4.69, 9.17) is 9.84 Å². The SMILES string of the molecule is Cc1ccc(C)c(OCCCCC(=O)NCC(=O)O)c1. The van der Waals surface area contributed by atoms with E-state index in [1.807, 2.05) is 32.0 Å². The summed E-state index contributed by atoms with van der Waals surface area (Å²) in [7, 11) is 0. The Hall–Kier alpha value is -2.04. The second-order valence-corrected chi connectivity index (χ2v) is 4.74. The maximum atomic E-state index is 11.3. The van der Waals surface area contributed by atoms with Crippen molar-refractivity contribution < 1.29 is 19.4 Å². The molecule has 0 aliphatic carbocycles. The van der Waals surface area contributed by atoms with Crippen LogP contribution in [0.4, 0.5) is 0 Å². The summed E-state index contributed by atoms with van der Waals surface area (Å²) in [5.74, 6) is -0.393. The number of aliphatic carboxylic acids is 1. The van der Waals surface area contributed by atoms with Gasteiger partial charge in [-0.05, 0) is 43.9 Å². The lowest BCUT2D eigenvalue weighted by Gasteiger charge is -2.09. The minimum Gasteiger partial charge on any atom is -0.493 e. The zero-order chi connectivity index (χ0) is 15.0. The Labute approximate surface area is 118 Å². The van der Waals surface area contributed by atoms with Crippen molar-refractivity contribution in [2.24, 2.45) is 0 Å². The summed E-state index contributed by atoms with van der Waals surface area (Å²) in [5.41, 5.74) is 2.24.